The lowest BCUT2D eigenvalue weighted by atomic mass is 10.2. The third-order valence-corrected chi connectivity index (χ3v) is 3.10. The highest BCUT2D eigenvalue weighted by molar-refractivity contribution is 6.33. The van der Waals surface area contributed by atoms with Crippen molar-refractivity contribution in [2.24, 2.45) is 5.73 Å². The number of rotatable bonds is 3. The number of benzene rings is 1. The molecule has 0 radical (unpaired) electrons. The number of halogens is 2. The predicted octanol–water partition coefficient (Wildman–Crippen LogP) is 3.10. The number of pyridine rings is 1. The second-order valence-corrected chi connectivity index (χ2v) is 4.23. The minimum atomic E-state index is -0.301. The Morgan fingerprint density at radius 1 is 1.39 bits per heavy atom. The minimum absolute atomic E-state index is 0.301. The number of nitrogens with two attached hydrogens (primary N) is 1. The number of hydrogen-bond acceptors (Lipinski definition) is 3. The Kier molecular flexibility index (Phi) is 3.79. The molecular weight excluding hydrogens is 253 g/mol. The molecule has 2 aromatic rings. The van der Waals surface area contributed by atoms with Crippen LogP contribution in [0.5, 0.6) is 0 Å². The lowest BCUT2D eigenvalue weighted by molar-refractivity contribution is 0.628. The Morgan fingerprint density at radius 3 is 2.83 bits per heavy atom. The van der Waals surface area contributed by atoms with Crippen LogP contribution in [0, 0.1) is 5.82 Å². The van der Waals surface area contributed by atoms with Crippen LogP contribution >= 0.6 is 11.6 Å². The average Bonchev–Trinajstić information content (AvgIpc) is 2.38. The van der Waals surface area contributed by atoms with Crippen molar-refractivity contribution in [2.45, 2.75) is 6.54 Å². The van der Waals surface area contributed by atoms with Crippen molar-refractivity contribution in [3.8, 4) is 0 Å². The molecule has 0 spiro atoms. The van der Waals surface area contributed by atoms with Gasteiger partial charge < -0.3 is 10.6 Å². The molecule has 0 saturated heterocycles. The molecule has 18 heavy (non-hydrogen) atoms. The van der Waals surface area contributed by atoms with Gasteiger partial charge in [-0.2, -0.15) is 0 Å². The quantitative estimate of drug-likeness (QED) is 0.927. The van der Waals surface area contributed by atoms with Gasteiger partial charge in [0.05, 0.1) is 5.02 Å². The Hall–Kier alpha value is -1.65. The van der Waals surface area contributed by atoms with Crippen molar-refractivity contribution < 1.29 is 4.39 Å². The molecule has 1 heterocycles. The maximum Gasteiger partial charge on any atom is 0.151 e. The zero-order valence-electron chi connectivity index (χ0n) is 9.90. The van der Waals surface area contributed by atoms with E-state index in [0.717, 1.165) is 5.56 Å². The topological polar surface area (TPSA) is 42.2 Å². The first-order valence-electron chi connectivity index (χ1n) is 5.46. The van der Waals surface area contributed by atoms with Crippen LogP contribution in [-0.4, -0.2) is 12.0 Å². The number of nitrogens with zero attached hydrogens (tertiary/aromatic N) is 2. The molecule has 0 saturated carbocycles. The van der Waals surface area contributed by atoms with Crippen molar-refractivity contribution in [1.29, 1.82) is 0 Å². The molecule has 0 aliphatic carbocycles. The molecule has 0 atom stereocenters. The van der Waals surface area contributed by atoms with E-state index < -0.39 is 0 Å². The number of aromatic nitrogens is 1. The first-order chi connectivity index (χ1) is 8.63. The van der Waals surface area contributed by atoms with E-state index in [2.05, 4.69) is 4.98 Å². The summed E-state index contributed by atoms with van der Waals surface area (Å²) in [7, 11) is 1.78. The summed E-state index contributed by atoms with van der Waals surface area (Å²) in [5.74, 6) is 0.260. The van der Waals surface area contributed by atoms with Gasteiger partial charge in [-0.15, -0.1) is 0 Å². The van der Waals surface area contributed by atoms with E-state index in [4.69, 9.17) is 17.3 Å². The molecular formula is C13H13ClFN3. The first-order valence-corrected chi connectivity index (χ1v) is 5.84. The van der Waals surface area contributed by atoms with Crippen LogP contribution in [0.1, 0.15) is 5.56 Å². The third-order valence-electron chi connectivity index (χ3n) is 2.68. The summed E-state index contributed by atoms with van der Waals surface area (Å²) < 4.78 is 13.2. The van der Waals surface area contributed by atoms with Crippen LogP contribution in [-0.2, 0) is 6.54 Å². The first kappa shape index (κ1) is 12.8. The lowest BCUT2D eigenvalue weighted by Gasteiger charge is -2.20. The molecule has 1 aromatic carbocycles. The van der Waals surface area contributed by atoms with Crippen LogP contribution in [0.25, 0.3) is 0 Å². The monoisotopic (exact) mass is 265 g/mol. The van der Waals surface area contributed by atoms with Gasteiger partial charge in [0.15, 0.2) is 5.82 Å². The van der Waals surface area contributed by atoms with Crippen molar-refractivity contribution in [3.05, 3.63) is 52.9 Å². The second kappa shape index (κ2) is 5.33. The summed E-state index contributed by atoms with van der Waals surface area (Å²) in [4.78, 5) is 5.94. The Balaban J connectivity index is 2.43. The smallest absolute Gasteiger partial charge is 0.151 e. The molecule has 2 N–H and O–H groups in total. The maximum atomic E-state index is 13.2. The van der Waals surface area contributed by atoms with Gasteiger partial charge in [0.1, 0.15) is 5.82 Å². The molecule has 0 aliphatic rings. The van der Waals surface area contributed by atoms with Crippen LogP contribution in [0.15, 0.2) is 36.5 Å². The van der Waals surface area contributed by atoms with E-state index in [9.17, 15) is 4.39 Å². The fourth-order valence-corrected chi connectivity index (χ4v) is 1.99. The molecule has 0 fully saturated rings. The van der Waals surface area contributed by atoms with E-state index in [1.54, 1.807) is 36.3 Å². The Morgan fingerprint density at radius 2 is 2.17 bits per heavy atom. The van der Waals surface area contributed by atoms with E-state index >= 15 is 0 Å². The highest BCUT2D eigenvalue weighted by atomic mass is 35.5. The molecule has 5 heteroatoms. The SMILES string of the molecule is CN(c1cccc(F)c1)c1nccc(CN)c1Cl. The zero-order chi connectivity index (χ0) is 13.1. The second-order valence-electron chi connectivity index (χ2n) is 3.85. The zero-order valence-corrected chi connectivity index (χ0v) is 10.7. The van der Waals surface area contributed by atoms with Gasteiger partial charge in [0.25, 0.3) is 0 Å². The lowest BCUT2D eigenvalue weighted by Crippen LogP contribution is -2.13. The third kappa shape index (κ3) is 2.44. The summed E-state index contributed by atoms with van der Waals surface area (Å²) in [5, 5.41) is 0.492. The summed E-state index contributed by atoms with van der Waals surface area (Å²) >= 11 is 6.22. The van der Waals surface area contributed by atoms with E-state index in [0.29, 0.717) is 23.1 Å². The van der Waals surface area contributed by atoms with Crippen LogP contribution in [0.3, 0.4) is 0 Å². The van der Waals surface area contributed by atoms with Crippen molar-refractivity contribution in [2.75, 3.05) is 11.9 Å². The molecule has 3 nitrogen and oxygen atoms in total. The molecule has 94 valence electrons. The highest BCUT2D eigenvalue weighted by Crippen LogP contribution is 2.30. The van der Waals surface area contributed by atoms with Crippen molar-refractivity contribution in [1.82, 2.24) is 4.98 Å². The fourth-order valence-electron chi connectivity index (χ4n) is 1.67. The maximum absolute atomic E-state index is 13.2. The Bertz CT molecular complexity index is 560. The van der Waals surface area contributed by atoms with Gasteiger partial charge >= 0.3 is 0 Å². The van der Waals surface area contributed by atoms with Crippen LogP contribution < -0.4 is 10.6 Å². The van der Waals surface area contributed by atoms with Gasteiger partial charge in [-0.05, 0) is 29.8 Å². The van der Waals surface area contributed by atoms with Crippen molar-refractivity contribution in [3.63, 3.8) is 0 Å². The van der Waals surface area contributed by atoms with Gasteiger partial charge in [0, 0.05) is 25.5 Å². The molecule has 0 unspecified atom stereocenters. The van der Waals surface area contributed by atoms with Crippen LogP contribution in [0.4, 0.5) is 15.9 Å². The molecule has 1 aromatic heterocycles. The van der Waals surface area contributed by atoms with Crippen LogP contribution in [0.2, 0.25) is 5.02 Å². The van der Waals surface area contributed by atoms with E-state index in [1.165, 1.54) is 12.1 Å². The molecule has 2 rings (SSSR count). The van der Waals surface area contributed by atoms with Crippen molar-refractivity contribution >= 4 is 23.1 Å². The Labute approximate surface area is 110 Å². The molecule has 0 aliphatic heterocycles. The molecule has 0 amide bonds. The minimum Gasteiger partial charge on any atom is -0.328 e. The summed E-state index contributed by atoms with van der Waals surface area (Å²) in [5.41, 5.74) is 7.08. The standard InChI is InChI=1S/C13H13ClFN3/c1-18(11-4-2-3-10(15)7-11)13-12(14)9(8-16)5-6-17-13/h2-7H,8,16H2,1H3. The normalized spacial score (nSPS) is 10.4. The van der Waals surface area contributed by atoms with Gasteiger partial charge in [-0.25, -0.2) is 9.37 Å². The summed E-state index contributed by atoms with van der Waals surface area (Å²) in [6, 6.07) is 8.01. The summed E-state index contributed by atoms with van der Waals surface area (Å²) in [6.07, 6.45) is 1.64. The predicted molar refractivity (Wildman–Crippen MR) is 71.6 cm³/mol. The van der Waals surface area contributed by atoms with E-state index in [-0.39, 0.29) is 5.82 Å². The molecule has 0 bridgehead atoms. The summed E-state index contributed by atoms with van der Waals surface area (Å²) in [6.45, 7) is 0.339. The van der Waals surface area contributed by atoms with Gasteiger partial charge in [-0.3, -0.25) is 0 Å². The largest absolute Gasteiger partial charge is 0.328 e. The number of anilines is 2. The number of hydrogen-bond donors (Lipinski definition) is 1. The van der Waals surface area contributed by atoms with E-state index in [1.807, 2.05) is 0 Å². The van der Waals surface area contributed by atoms with Gasteiger partial charge in [0.2, 0.25) is 0 Å². The van der Waals surface area contributed by atoms with Gasteiger partial charge in [-0.1, -0.05) is 17.7 Å². The highest BCUT2D eigenvalue weighted by Gasteiger charge is 2.12. The average molecular weight is 266 g/mol. The fraction of sp³-hybridized carbons (Fsp3) is 0.154.